The van der Waals surface area contributed by atoms with E-state index in [0.29, 0.717) is 11.2 Å². The van der Waals surface area contributed by atoms with Crippen molar-refractivity contribution < 1.29 is 14.7 Å². The van der Waals surface area contributed by atoms with E-state index in [1.54, 1.807) is 0 Å². The summed E-state index contributed by atoms with van der Waals surface area (Å²) in [5, 5.41) is 11.5. The van der Waals surface area contributed by atoms with Crippen LogP contribution in [0.3, 0.4) is 0 Å². The van der Waals surface area contributed by atoms with Gasteiger partial charge in [-0.1, -0.05) is 0 Å². The van der Waals surface area contributed by atoms with Crippen molar-refractivity contribution in [2.75, 3.05) is 5.32 Å². The molecule has 0 saturated carbocycles. The van der Waals surface area contributed by atoms with Gasteiger partial charge in [-0.3, -0.25) is 9.59 Å². The maximum atomic E-state index is 11.8. The zero-order valence-corrected chi connectivity index (χ0v) is 10.5. The first-order valence-corrected chi connectivity index (χ1v) is 5.57. The number of carbonyl (C=O) groups is 2. The van der Waals surface area contributed by atoms with Crippen LogP contribution in [-0.4, -0.2) is 36.9 Å². The Morgan fingerprint density at radius 1 is 1.37 bits per heavy atom. The third-order valence-electron chi connectivity index (χ3n) is 2.66. The molecule has 0 atom stereocenters. The van der Waals surface area contributed by atoms with Crippen molar-refractivity contribution in [3.63, 3.8) is 0 Å². The maximum Gasteiger partial charge on any atom is 0.309 e. The topological polar surface area (TPSA) is 121 Å². The Morgan fingerprint density at radius 2 is 2.11 bits per heavy atom. The van der Waals surface area contributed by atoms with Gasteiger partial charge in [-0.05, 0) is 13.8 Å². The monoisotopic (exact) mass is 263 g/mol. The van der Waals surface area contributed by atoms with Gasteiger partial charge < -0.3 is 15.4 Å². The zero-order valence-electron chi connectivity index (χ0n) is 10.5. The molecule has 2 heterocycles. The molecule has 8 heteroatoms. The van der Waals surface area contributed by atoms with E-state index in [4.69, 9.17) is 5.11 Å². The predicted molar refractivity (Wildman–Crippen MR) is 66.3 cm³/mol. The molecule has 0 aromatic carbocycles. The standard InChI is InChI=1S/C11H13N5O3/c1-11(2,10(18)19)3-6(17)16-9-7-8(13-4-12-7)14-5-15-9/h4-5H,3H2,1-2H3,(H,18,19)(H2,12,13,14,15,16,17). The number of rotatable bonds is 4. The number of anilines is 1. The van der Waals surface area contributed by atoms with Crippen LogP contribution in [-0.2, 0) is 9.59 Å². The number of hydrogen-bond acceptors (Lipinski definition) is 5. The number of amides is 1. The molecule has 0 fully saturated rings. The van der Waals surface area contributed by atoms with Crippen molar-refractivity contribution in [1.29, 1.82) is 0 Å². The zero-order chi connectivity index (χ0) is 14.0. The Hall–Kier alpha value is -2.51. The number of imidazole rings is 1. The number of aliphatic carboxylic acids is 1. The number of carbonyl (C=O) groups excluding carboxylic acids is 1. The van der Waals surface area contributed by atoms with Crippen LogP contribution in [0.2, 0.25) is 0 Å². The van der Waals surface area contributed by atoms with E-state index in [1.165, 1.54) is 26.5 Å². The molecule has 0 bridgehead atoms. The molecule has 2 aromatic rings. The number of carboxylic acid groups (broad SMARTS) is 1. The highest BCUT2D eigenvalue weighted by Gasteiger charge is 2.30. The van der Waals surface area contributed by atoms with Gasteiger partial charge in [-0.2, -0.15) is 0 Å². The summed E-state index contributed by atoms with van der Waals surface area (Å²) in [7, 11) is 0. The lowest BCUT2D eigenvalue weighted by Crippen LogP contribution is -2.29. The average Bonchev–Trinajstić information content (AvgIpc) is 2.77. The lowest BCUT2D eigenvalue weighted by molar-refractivity contribution is -0.148. The molecule has 3 N–H and O–H groups in total. The number of carboxylic acids is 1. The summed E-state index contributed by atoms with van der Waals surface area (Å²) in [6, 6.07) is 0. The lowest BCUT2D eigenvalue weighted by Gasteiger charge is -2.17. The third kappa shape index (κ3) is 2.67. The number of aromatic amines is 1. The van der Waals surface area contributed by atoms with Gasteiger partial charge in [0.05, 0.1) is 11.7 Å². The molecule has 0 aliphatic carbocycles. The first kappa shape index (κ1) is 12.9. The van der Waals surface area contributed by atoms with Gasteiger partial charge in [0.2, 0.25) is 5.91 Å². The summed E-state index contributed by atoms with van der Waals surface area (Å²) >= 11 is 0. The van der Waals surface area contributed by atoms with Crippen LogP contribution >= 0.6 is 0 Å². The molecule has 8 nitrogen and oxygen atoms in total. The Kier molecular flexibility index (Phi) is 3.16. The van der Waals surface area contributed by atoms with Crippen LogP contribution in [0.4, 0.5) is 5.82 Å². The van der Waals surface area contributed by atoms with Gasteiger partial charge in [0, 0.05) is 6.42 Å². The maximum absolute atomic E-state index is 11.8. The van der Waals surface area contributed by atoms with Crippen molar-refractivity contribution in [2.24, 2.45) is 5.41 Å². The van der Waals surface area contributed by atoms with E-state index >= 15 is 0 Å². The predicted octanol–water partition coefficient (Wildman–Crippen LogP) is 0.792. The summed E-state index contributed by atoms with van der Waals surface area (Å²) in [5.41, 5.74) is -0.198. The third-order valence-corrected chi connectivity index (χ3v) is 2.66. The number of H-pyrrole nitrogens is 1. The Morgan fingerprint density at radius 3 is 2.79 bits per heavy atom. The highest BCUT2D eigenvalue weighted by Crippen LogP contribution is 2.22. The van der Waals surface area contributed by atoms with E-state index in [1.807, 2.05) is 0 Å². The van der Waals surface area contributed by atoms with E-state index in [0.717, 1.165) is 0 Å². The molecule has 0 spiro atoms. The largest absolute Gasteiger partial charge is 0.481 e. The van der Waals surface area contributed by atoms with E-state index < -0.39 is 17.3 Å². The fourth-order valence-corrected chi connectivity index (χ4v) is 1.51. The van der Waals surface area contributed by atoms with Crippen molar-refractivity contribution in [3.05, 3.63) is 12.7 Å². The molecule has 100 valence electrons. The molecule has 0 radical (unpaired) electrons. The van der Waals surface area contributed by atoms with Crippen molar-refractivity contribution in [1.82, 2.24) is 19.9 Å². The number of nitrogens with zero attached hydrogens (tertiary/aromatic N) is 3. The average molecular weight is 263 g/mol. The normalized spacial score (nSPS) is 11.5. The Balaban J connectivity index is 2.15. The second-order valence-electron chi connectivity index (χ2n) is 4.74. The van der Waals surface area contributed by atoms with Gasteiger partial charge in [-0.25, -0.2) is 15.0 Å². The van der Waals surface area contributed by atoms with Gasteiger partial charge >= 0.3 is 5.97 Å². The highest BCUT2D eigenvalue weighted by atomic mass is 16.4. The van der Waals surface area contributed by atoms with Crippen LogP contribution in [0.1, 0.15) is 20.3 Å². The molecule has 0 saturated heterocycles. The SMILES string of the molecule is CC(C)(CC(=O)Nc1ncnc2nc[nH]c12)C(=O)O. The Bertz CT molecular complexity index is 634. The van der Waals surface area contributed by atoms with Crippen molar-refractivity contribution in [2.45, 2.75) is 20.3 Å². The van der Waals surface area contributed by atoms with Crippen molar-refractivity contribution in [3.8, 4) is 0 Å². The summed E-state index contributed by atoms with van der Waals surface area (Å²) in [4.78, 5) is 37.4. The lowest BCUT2D eigenvalue weighted by atomic mass is 9.89. The first-order valence-electron chi connectivity index (χ1n) is 5.57. The van der Waals surface area contributed by atoms with Crippen LogP contribution in [0, 0.1) is 5.41 Å². The molecule has 2 aromatic heterocycles. The molecular weight excluding hydrogens is 250 g/mol. The molecule has 0 aliphatic rings. The minimum atomic E-state index is -1.13. The first-order chi connectivity index (χ1) is 8.90. The summed E-state index contributed by atoms with van der Waals surface area (Å²) in [6.45, 7) is 2.97. The number of hydrogen-bond donors (Lipinski definition) is 3. The minimum Gasteiger partial charge on any atom is -0.481 e. The fraction of sp³-hybridized carbons (Fsp3) is 0.364. The van der Waals surface area contributed by atoms with Crippen LogP contribution < -0.4 is 5.32 Å². The number of fused-ring (bicyclic) bond motifs is 1. The quantitative estimate of drug-likeness (QED) is 0.749. The van der Waals surface area contributed by atoms with Crippen LogP contribution in [0.25, 0.3) is 11.2 Å². The molecule has 1 amide bonds. The molecule has 19 heavy (non-hydrogen) atoms. The molecule has 0 unspecified atom stereocenters. The Labute approximate surface area is 108 Å². The molecular formula is C11H13N5O3. The van der Waals surface area contributed by atoms with Gasteiger partial charge in [0.25, 0.3) is 0 Å². The van der Waals surface area contributed by atoms with Crippen LogP contribution in [0.15, 0.2) is 12.7 Å². The second kappa shape index (κ2) is 4.63. The van der Waals surface area contributed by atoms with E-state index in [9.17, 15) is 9.59 Å². The summed E-state index contributed by atoms with van der Waals surface area (Å²) < 4.78 is 0. The highest BCUT2D eigenvalue weighted by molar-refractivity contribution is 5.98. The second-order valence-corrected chi connectivity index (χ2v) is 4.74. The smallest absolute Gasteiger partial charge is 0.309 e. The molecule has 0 aliphatic heterocycles. The van der Waals surface area contributed by atoms with Gasteiger partial charge in [0.1, 0.15) is 11.8 Å². The fourth-order valence-electron chi connectivity index (χ4n) is 1.51. The van der Waals surface area contributed by atoms with Gasteiger partial charge in [0.15, 0.2) is 11.5 Å². The van der Waals surface area contributed by atoms with E-state index in [-0.39, 0.29) is 12.2 Å². The summed E-state index contributed by atoms with van der Waals surface area (Å²) in [5.74, 6) is -1.17. The summed E-state index contributed by atoms with van der Waals surface area (Å²) in [6.07, 6.45) is 2.57. The van der Waals surface area contributed by atoms with Gasteiger partial charge in [-0.15, -0.1) is 0 Å². The van der Waals surface area contributed by atoms with Crippen LogP contribution in [0.5, 0.6) is 0 Å². The molecule has 2 rings (SSSR count). The number of nitrogens with one attached hydrogen (secondary N) is 2. The van der Waals surface area contributed by atoms with Crippen molar-refractivity contribution >= 4 is 28.9 Å². The minimum absolute atomic E-state index is 0.151. The number of aromatic nitrogens is 4. The van der Waals surface area contributed by atoms with E-state index in [2.05, 4.69) is 25.3 Å².